The second-order valence-corrected chi connectivity index (χ2v) is 6.11. The summed E-state index contributed by atoms with van der Waals surface area (Å²) in [5, 5.41) is 3.38. The van der Waals surface area contributed by atoms with Crippen LogP contribution in [-0.2, 0) is 0 Å². The van der Waals surface area contributed by atoms with Gasteiger partial charge in [-0.05, 0) is 55.3 Å². The largest absolute Gasteiger partial charge is 0.316 e. The molecule has 2 atom stereocenters. The molecule has 1 fully saturated rings. The average molecular weight is 285 g/mol. The monoisotopic (exact) mass is 285 g/mol. The molecule has 0 spiro atoms. The second kappa shape index (κ2) is 6.61. The lowest BCUT2D eigenvalue weighted by molar-refractivity contribution is 0.398. The van der Waals surface area contributed by atoms with Gasteiger partial charge in [0.05, 0.1) is 0 Å². The smallest absolute Gasteiger partial charge is 0.194 e. The van der Waals surface area contributed by atoms with E-state index in [1.54, 1.807) is 0 Å². The molecule has 112 valence electrons. The molecule has 1 N–H and O–H groups in total. The number of hydrogen-bond acceptors (Lipinski definition) is 1. The predicted octanol–water partition coefficient (Wildman–Crippen LogP) is 4.23. The van der Waals surface area contributed by atoms with Crippen LogP contribution in [0, 0.1) is 29.3 Å². The van der Waals surface area contributed by atoms with Crippen molar-refractivity contribution >= 4 is 0 Å². The summed E-state index contributed by atoms with van der Waals surface area (Å²) in [4.78, 5) is 0. The minimum Gasteiger partial charge on any atom is -0.316 e. The third kappa shape index (κ3) is 3.35. The van der Waals surface area contributed by atoms with Crippen molar-refractivity contribution < 1.29 is 13.2 Å². The summed E-state index contributed by atoms with van der Waals surface area (Å²) >= 11 is 0. The van der Waals surface area contributed by atoms with Gasteiger partial charge < -0.3 is 5.32 Å². The van der Waals surface area contributed by atoms with Gasteiger partial charge in [-0.3, -0.25) is 0 Å². The molecule has 20 heavy (non-hydrogen) atoms. The Morgan fingerprint density at radius 2 is 1.90 bits per heavy atom. The van der Waals surface area contributed by atoms with E-state index in [2.05, 4.69) is 19.2 Å². The molecule has 0 amide bonds. The first-order valence-corrected chi connectivity index (χ1v) is 7.34. The van der Waals surface area contributed by atoms with Gasteiger partial charge in [0.25, 0.3) is 0 Å². The van der Waals surface area contributed by atoms with Crippen molar-refractivity contribution in [3.8, 4) is 0 Å². The van der Waals surface area contributed by atoms with Crippen LogP contribution in [0.4, 0.5) is 13.2 Å². The van der Waals surface area contributed by atoms with E-state index < -0.39 is 17.5 Å². The van der Waals surface area contributed by atoms with Crippen molar-refractivity contribution in [1.82, 2.24) is 5.32 Å². The molecule has 1 saturated carbocycles. The molecule has 0 heterocycles. The molecule has 4 heteroatoms. The molecule has 0 aliphatic heterocycles. The zero-order valence-electron chi connectivity index (χ0n) is 12.1. The quantitative estimate of drug-likeness (QED) is 0.798. The van der Waals surface area contributed by atoms with Crippen LogP contribution in [0.15, 0.2) is 12.1 Å². The maximum absolute atomic E-state index is 13.9. The number of nitrogens with one attached hydrogen (secondary N) is 1. The standard InChI is InChI=1S/C16H22F3N/c1-10(2)8-20-9-11-4-3-5-12(11)13-6-7-14(17)16(19)15(13)18/h6-7,10-12,20H,3-5,8-9H2,1-2H3. The lowest BCUT2D eigenvalue weighted by Crippen LogP contribution is -2.28. The molecule has 0 bridgehead atoms. The molecule has 0 saturated heterocycles. The molecule has 2 unspecified atom stereocenters. The van der Waals surface area contributed by atoms with E-state index in [0.29, 0.717) is 17.4 Å². The van der Waals surface area contributed by atoms with Gasteiger partial charge in [-0.25, -0.2) is 13.2 Å². The number of rotatable bonds is 5. The van der Waals surface area contributed by atoms with E-state index in [9.17, 15) is 13.2 Å². The number of benzene rings is 1. The van der Waals surface area contributed by atoms with E-state index in [0.717, 1.165) is 38.4 Å². The molecule has 1 aromatic carbocycles. The van der Waals surface area contributed by atoms with E-state index in [1.165, 1.54) is 6.07 Å². The molecule has 1 aliphatic rings. The Morgan fingerprint density at radius 3 is 2.60 bits per heavy atom. The van der Waals surface area contributed by atoms with E-state index >= 15 is 0 Å². The van der Waals surface area contributed by atoms with Crippen molar-refractivity contribution in [3.63, 3.8) is 0 Å². The first-order valence-electron chi connectivity index (χ1n) is 7.34. The van der Waals surface area contributed by atoms with E-state index in [4.69, 9.17) is 0 Å². The van der Waals surface area contributed by atoms with Crippen LogP contribution in [0.25, 0.3) is 0 Å². The zero-order valence-corrected chi connectivity index (χ0v) is 12.1. The van der Waals surface area contributed by atoms with E-state index in [1.807, 2.05) is 0 Å². The Balaban J connectivity index is 2.09. The number of hydrogen-bond donors (Lipinski definition) is 1. The highest BCUT2D eigenvalue weighted by atomic mass is 19.2. The van der Waals surface area contributed by atoms with Crippen molar-refractivity contribution in [1.29, 1.82) is 0 Å². The summed E-state index contributed by atoms with van der Waals surface area (Å²) < 4.78 is 40.3. The van der Waals surface area contributed by atoms with Gasteiger partial charge in [0.15, 0.2) is 17.5 Å². The molecule has 0 radical (unpaired) electrons. The average Bonchev–Trinajstić information content (AvgIpc) is 2.84. The Labute approximate surface area is 118 Å². The molecule has 1 aromatic rings. The topological polar surface area (TPSA) is 12.0 Å². The first kappa shape index (κ1) is 15.4. The predicted molar refractivity (Wildman–Crippen MR) is 74.1 cm³/mol. The van der Waals surface area contributed by atoms with Gasteiger partial charge >= 0.3 is 0 Å². The fourth-order valence-electron chi connectivity index (χ4n) is 3.08. The first-order chi connectivity index (χ1) is 9.50. The summed E-state index contributed by atoms with van der Waals surface area (Å²) in [5.41, 5.74) is 0.331. The van der Waals surface area contributed by atoms with Crippen LogP contribution in [0.2, 0.25) is 0 Å². The molecular formula is C16H22F3N. The van der Waals surface area contributed by atoms with Crippen LogP contribution >= 0.6 is 0 Å². The summed E-state index contributed by atoms with van der Waals surface area (Å²) in [6.45, 7) is 5.99. The third-order valence-electron chi connectivity index (χ3n) is 4.08. The highest BCUT2D eigenvalue weighted by Crippen LogP contribution is 2.40. The summed E-state index contributed by atoms with van der Waals surface area (Å²) in [5.74, 6) is -2.61. The highest BCUT2D eigenvalue weighted by molar-refractivity contribution is 5.25. The van der Waals surface area contributed by atoms with Gasteiger partial charge in [-0.2, -0.15) is 0 Å². The summed E-state index contributed by atoms with van der Waals surface area (Å²) in [7, 11) is 0. The lowest BCUT2D eigenvalue weighted by atomic mass is 9.88. The van der Waals surface area contributed by atoms with Gasteiger partial charge in [0.1, 0.15) is 0 Å². The van der Waals surface area contributed by atoms with E-state index in [-0.39, 0.29) is 5.92 Å². The highest BCUT2D eigenvalue weighted by Gasteiger charge is 2.31. The maximum atomic E-state index is 13.9. The van der Waals surface area contributed by atoms with Gasteiger partial charge in [-0.1, -0.05) is 26.3 Å². The van der Waals surface area contributed by atoms with Crippen LogP contribution in [0.5, 0.6) is 0 Å². The fraction of sp³-hybridized carbons (Fsp3) is 0.625. The SMILES string of the molecule is CC(C)CNCC1CCCC1c1ccc(F)c(F)c1F. The lowest BCUT2D eigenvalue weighted by Gasteiger charge is -2.22. The van der Waals surface area contributed by atoms with Gasteiger partial charge in [0, 0.05) is 0 Å². The van der Waals surface area contributed by atoms with Crippen molar-refractivity contribution in [2.75, 3.05) is 13.1 Å². The Hall–Kier alpha value is -1.03. The summed E-state index contributed by atoms with van der Waals surface area (Å²) in [6.07, 6.45) is 2.86. The molecule has 1 aliphatic carbocycles. The fourth-order valence-corrected chi connectivity index (χ4v) is 3.08. The van der Waals surface area contributed by atoms with Crippen molar-refractivity contribution in [2.45, 2.75) is 39.0 Å². The normalized spacial score (nSPS) is 22.7. The molecule has 1 nitrogen and oxygen atoms in total. The van der Waals surface area contributed by atoms with Crippen LogP contribution in [0.3, 0.4) is 0 Å². The summed E-state index contributed by atoms with van der Waals surface area (Å²) in [6, 6.07) is 2.43. The van der Waals surface area contributed by atoms with Crippen molar-refractivity contribution in [2.24, 2.45) is 11.8 Å². The Kier molecular flexibility index (Phi) is 5.08. The molecule has 2 rings (SSSR count). The maximum Gasteiger partial charge on any atom is 0.194 e. The Morgan fingerprint density at radius 1 is 1.15 bits per heavy atom. The zero-order chi connectivity index (χ0) is 14.7. The van der Waals surface area contributed by atoms with Crippen LogP contribution in [0.1, 0.15) is 44.6 Å². The Bertz CT molecular complexity index is 459. The minimum atomic E-state index is -1.34. The number of halogens is 3. The minimum absolute atomic E-state index is 0.00948. The van der Waals surface area contributed by atoms with Gasteiger partial charge in [0.2, 0.25) is 0 Å². The van der Waals surface area contributed by atoms with Crippen LogP contribution in [-0.4, -0.2) is 13.1 Å². The molecular weight excluding hydrogens is 263 g/mol. The van der Waals surface area contributed by atoms with Crippen molar-refractivity contribution in [3.05, 3.63) is 35.1 Å². The van der Waals surface area contributed by atoms with Crippen LogP contribution < -0.4 is 5.32 Å². The molecule has 0 aromatic heterocycles. The van der Waals surface area contributed by atoms with Gasteiger partial charge in [-0.15, -0.1) is 0 Å². The third-order valence-corrected chi connectivity index (χ3v) is 4.08. The second-order valence-electron chi connectivity index (χ2n) is 6.11.